The fourth-order valence-corrected chi connectivity index (χ4v) is 2.42. The van der Waals surface area contributed by atoms with Crippen molar-refractivity contribution in [3.05, 3.63) is 34.4 Å². The van der Waals surface area contributed by atoms with E-state index in [1.807, 2.05) is 24.3 Å². The van der Waals surface area contributed by atoms with Crippen LogP contribution >= 0.6 is 15.9 Å². The van der Waals surface area contributed by atoms with E-state index in [9.17, 15) is 9.59 Å². The van der Waals surface area contributed by atoms with Crippen molar-refractivity contribution in [3.8, 4) is 0 Å². The van der Waals surface area contributed by atoms with E-state index in [4.69, 9.17) is 5.11 Å². The Labute approximate surface area is 124 Å². The normalized spacial score (nSPS) is 12.3. The number of H-pyrrole nitrogens is 1. The molecule has 0 fully saturated rings. The summed E-state index contributed by atoms with van der Waals surface area (Å²) in [4.78, 5) is 25.8. The smallest absolute Gasteiger partial charge is 0.316 e. The SMILES string of the molecule is CCC(C(=O)O)C(=O)NCc1cc2cc(Br)ccc2[nH]1. The second-order valence-corrected chi connectivity index (χ2v) is 5.46. The van der Waals surface area contributed by atoms with Crippen LogP contribution in [0.25, 0.3) is 10.9 Å². The molecule has 6 heteroatoms. The number of hydrogen-bond donors (Lipinski definition) is 3. The lowest BCUT2D eigenvalue weighted by molar-refractivity contribution is -0.147. The van der Waals surface area contributed by atoms with Crippen LogP contribution in [-0.2, 0) is 16.1 Å². The van der Waals surface area contributed by atoms with Gasteiger partial charge in [0.05, 0.1) is 6.54 Å². The first-order valence-corrected chi connectivity index (χ1v) is 7.08. The number of carboxylic acid groups (broad SMARTS) is 1. The molecule has 0 radical (unpaired) electrons. The van der Waals surface area contributed by atoms with Crippen molar-refractivity contribution in [1.29, 1.82) is 0 Å². The van der Waals surface area contributed by atoms with E-state index in [-0.39, 0.29) is 13.0 Å². The van der Waals surface area contributed by atoms with Crippen LogP contribution in [0.3, 0.4) is 0 Å². The monoisotopic (exact) mass is 338 g/mol. The van der Waals surface area contributed by atoms with Gasteiger partial charge in [-0.15, -0.1) is 0 Å². The minimum atomic E-state index is -1.09. The topological polar surface area (TPSA) is 82.2 Å². The van der Waals surface area contributed by atoms with Gasteiger partial charge in [-0.25, -0.2) is 0 Å². The second kappa shape index (κ2) is 6.09. The maximum atomic E-state index is 11.7. The first-order valence-electron chi connectivity index (χ1n) is 6.29. The van der Waals surface area contributed by atoms with E-state index < -0.39 is 17.8 Å². The van der Waals surface area contributed by atoms with Gasteiger partial charge in [-0.3, -0.25) is 9.59 Å². The summed E-state index contributed by atoms with van der Waals surface area (Å²) in [5.41, 5.74) is 1.81. The van der Waals surface area contributed by atoms with Crippen LogP contribution in [0, 0.1) is 5.92 Å². The summed E-state index contributed by atoms with van der Waals surface area (Å²) in [5.74, 6) is -2.54. The maximum absolute atomic E-state index is 11.7. The Morgan fingerprint density at radius 1 is 1.40 bits per heavy atom. The Balaban J connectivity index is 2.05. The zero-order chi connectivity index (χ0) is 14.7. The summed E-state index contributed by atoms with van der Waals surface area (Å²) in [7, 11) is 0. The summed E-state index contributed by atoms with van der Waals surface area (Å²) in [5, 5.41) is 12.6. The lowest BCUT2D eigenvalue weighted by Gasteiger charge is -2.09. The van der Waals surface area contributed by atoms with Crippen molar-refractivity contribution in [2.45, 2.75) is 19.9 Å². The second-order valence-electron chi connectivity index (χ2n) is 4.54. The summed E-state index contributed by atoms with van der Waals surface area (Å²) >= 11 is 3.40. The predicted octanol–water partition coefficient (Wildman–Crippen LogP) is 2.66. The van der Waals surface area contributed by atoms with Crippen molar-refractivity contribution in [1.82, 2.24) is 10.3 Å². The number of benzene rings is 1. The molecule has 0 aliphatic rings. The molecule has 0 saturated carbocycles. The van der Waals surface area contributed by atoms with Crippen LogP contribution in [0.2, 0.25) is 0 Å². The quantitative estimate of drug-likeness (QED) is 0.733. The highest BCUT2D eigenvalue weighted by atomic mass is 79.9. The van der Waals surface area contributed by atoms with Gasteiger partial charge in [0.2, 0.25) is 5.91 Å². The molecule has 0 spiro atoms. The summed E-state index contributed by atoms with van der Waals surface area (Å²) < 4.78 is 0.983. The van der Waals surface area contributed by atoms with Crippen molar-refractivity contribution < 1.29 is 14.7 Å². The fraction of sp³-hybridized carbons (Fsp3) is 0.286. The Morgan fingerprint density at radius 3 is 2.80 bits per heavy atom. The van der Waals surface area contributed by atoms with Crippen molar-refractivity contribution in [2.75, 3.05) is 0 Å². The van der Waals surface area contributed by atoms with Gasteiger partial charge in [0, 0.05) is 21.1 Å². The molecular formula is C14H15BrN2O3. The number of aliphatic carboxylic acids is 1. The molecular weight excluding hydrogens is 324 g/mol. The summed E-state index contributed by atoms with van der Waals surface area (Å²) in [6.07, 6.45) is 0.279. The van der Waals surface area contributed by atoms with E-state index in [2.05, 4.69) is 26.2 Å². The zero-order valence-corrected chi connectivity index (χ0v) is 12.5. The lowest BCUT2D eigenvalue weighted by atomic mass is 10.1. The number of rotatable bonds is 5. The van der Waals surface area contributed by atoms with Crippen LogP contribution in [0.5, 0.6) is 0 Å². The first kappa shape index (κ1) is 14.6. The molecule has 0 aliphatic heterocycles. The number of carboxylic acids is 1. The lowest BCUT2D eigenvalue weighted by Crippen LogP contribution is -2.34. The van der Waals surface area contributed by atoms with Crippen LogP contribution in [0.1, 0.15) is 19.0 Å². The molecule has 0 saturated heterocycles. The molecule has 0 bridgehead atoms. The van der Waals surface area contributed by atoms with E-state index >= 15 is 0 Å². The Morgan fingerprint density at radius 2 is 2.15 bits per heavy atom. The minimum Gasteiger partial charge on any atom is -0.481 e. The number of halogens is 1. The molecule has 1 amide bonds. The molecule has 2 aromatic rings. The van der Waals surface area contributed by atoms with Crippen LogP contribution < -0.4 is 5.32 Å². The number of aromatic amines is 1. The van der Waals surface area contributed by atoms with Crippen LogP contribution in [0.15, 0.2) is 28.7 Å². The van der Waals surface area contributed by atoms with Gasteiger partial charge in [-0.05, 0) is 30.7 Å². The number of aromatic nitrogens is 1. The summed E-state index contributed by atoms with van der Waals surface area (Å²) in [6, 6.07) is 7.78. The largest absolute Gasteiger partial charge is 0.481 e. The number of carbonyl (C=O) groups excluding carboxylic acids is 1. The zero-order valence-electron chi connectivity index (χ0n) is 10.9. The maximum Gasteiger partial charge on any atom is 0.316 e. The van der Waals surface area contributed by atoms with E-state index in [0.717, 1.165) is 21.1 Å². The Kier molecular flexibility index (Phi) is 4.44. The molecule has 5 nitrogen and oxygen atoms in total. The van der Waals surface area contributed by atoms with E-state index in [1.54, 1.807) is 6.92 Å². The molecule has 1 unspecified atom stereocenters. The number of nitrogens with one attached hydrogen (secondary N) is 2. The third-order valence-corrected chi connectivity index (χ3v) is 3.61. The van der Waals surface area contributed by atoms with Crippen molar-refractivity contribution >= 4 is 38.7 Å². The molecule has 1 aromatic carbocycles. The number of amides is 1. The van der Waals surface area contributed by atoms with Gasteiger partial charge < -0.3 is 15.4 Å². The third-order valence-electron chi connectivity index (χ3n) is 3.11. The predicted molar refractivity (Wildman–Crippen MR) is 79.3 cm³/mol. The molecule has 0 aliphatic carbocycles. The number of carbonyl (C=O) groups is 2. The Bertz CT molecular complexity index is 651. The number of hydrogen-bond acceptors (Lipinski definition) is 2. The average Bonchev–Trinajstić information content (AvgIpc) is 2.78. The molecule has 1 atom stereocenters. The van der Waals surface area contributed by atoms with Crippen molar-refractivity contribution in [2.24, 2.45) is 5.92 Å². The highest BCUT2D eigenvalue weighted by molar-refractivity contribution is 9.10. The van der Waals surface area contributed by atoms with Crippen LogP contribution in [-0.4, -0.2) is 22.0 Å². The third kappa shape index (κ3) is 3.19. The summed E-state index contributed by atoms with van der Waals surface area (Å²) in [6.45, 7) is 1.97. The van der Waals surface area contributed by atoms with Crippen LogP contribution in [0.4, 0.5) is 0 Å². The highest BCUT2D eigenvalue weighted by Crippen LogP contribution is 2.20. The fourth-order valence-electron chi connectivity index (χ4n) is 2.04. The molecule has 1 aromatic heterocycles. The molecule has 3 N–H and O–H groups in total. The molecule has 2 rings (SSSR count). The number of fused-ring (bicyclic) bond motifs is 1. The molecule has 106 valence electrons. The Hall–Kier alpha value is -1.82. The van der Waals surface area contributed by atoms with Gasteiger partial charge >= 0.3 is 5.97 Å². The van der Waals surface area contributed by atoms with E-state index in [0.29, 0.717) is 0 Å². The minimum absolute atomic E-state index is 0.279. The van der Waals surface area contributed by atoms with Gasteiger partial charge in [0.15, 0.2) is 0 Å². The first-order chi connectivity index (χ1) is 9.51. The average molecular weight is 339 g/mol. The standard InChI is InChI=1S/C14H15BrN2O3/c1-2-11(14(19)20)13(18)16-7-10-6-8-5-9(15)3-4-12(8)17-10/h3-6,11,17H,2,7H2,1H3,(H,16,18)(H,19,20). The van der Waals surface area contributed by atoms with Gasteiger partial charge in [0.1, 0.15) is 5.92 Å². The van der Waals surface area contributed by atoms with Gasteiger partial charge in [-0.2, -0.15) is 0 Å². The molecule has 1 heterocycles. The van der Waals surface area contributed by atoms with E-state index in [1.165, 1.54) is 0 Å². The molecule has 20 heavy (non-hydrogen) atoms. The van der Waals surface area contributed by atoms with Crippen molar-refractivity contribution in [3.63, 3.8) is 0 Å². The van der Waals surface area contributed by atoms with Gasteiger partial charge in [0.25, 0.3) is 0 Å². The highest BCUT2D eigenvalue weighted by Gasteiger charge is 2.23. The van der Waals surface area contributed by atoms with Gasteiger partial charge in [-0.1, -0.05) is 22.9 Å².